The second kappa shape index (κ2) is 8.66. The number of pyridine rings is 1. The van der Waals surface area contributed by atoms with Crippen LogP contribution >= 0.6 is 11.6 Å². The van der Waals surface area contributed by atoms with Crippen molar-refractivity contribution >= 4 is 34.1 Å². The van der Waals surface area contributed by atoms with Gasteiger partial charge in [0.15, 0.2) is 0 Å². The molecule has 0 saturated heterocycles. The van der Waals surface area contributed by atoms with E-state index >= 15 is 0 Å². The molecule has 0 aliphatic heterocycles. The molecule has 0 bridgehead atoms. The number of methoxy groups -OCH3 is 1. The van der Waals surface area contributed by atoms with Gasteiger partial charge in [-0.1, -0.05) is 35.4 Å². The Kier molecular flexibility index (Phi) is 5.78. The molecule has 0 unspecified atom stereocenters. The van der Waals surface area contributed by atoms with E-state index in [0.717, 1.165) is 16.5 Å². The third-order valence-electron chi connectivity index (χ3n) is 5.12. The Morgan fingerprint density at radius 3 is 2.52 bits per heavy atom. The topological polar surface area (TPSA) is 62.4 Å². The number of carbonyl (C=O) groups excluding carboxylic acids is 1. The molecule has 31 heavy (non-hydrogen) atoms. The lowest BCUT2D eigenvalue weighted by atomic mass is 10.1. The van der Waals surface area contributed by atoms with Crippen LogP contribution in [0, 0.1) is 6.92 Å². The largest absolute Gasteiger partial charge is 0.495 e. The van der Waals surface area contributed by atoms with Crippen LogP contribution in [0.2, 0.25) is 5.02 Å². The maximum absolute atomic E-state index is 13.5. The number of nitrogens with one attached hydrogen (secondary N) is 1. The Morgan fingerprint density at radius 2 is 1.77 bits per heavy atom. The van der Waals surface area contributed by atoms with Crippen molar-refractivity contribution in [2.24, 2.45) is 0 Å². The van der Waals surface area contributed by atoms with Gasteiger partial charge in [0.25, 0.3) is 11.5 Å². The number of hydrogen-bond acceptors (Lipinski definition) is 3. The van der Waals surface area contributed by atoms with Gasteiger partial charge in [0.2, 0.25) is 0 Å². The van der Waals surface area contributed by atoms with Crippen LogP contribution in [0.3, 0.4) is 0 Å². The minimum atomic E-state index is -0.259. The molecule has 1 amide bonds. The molecular weight excluding hydrogens is 412 g/mol. The van der Waals surface area contributed by atoms with E-state index in [-0.39, 0.29) is 18.0 Å². The fraction of sp³-hybridized carbons (Fsp3) is 0.120. The van der Waals surface area contributed by atoms with Crippen LogP contribution in [0.1, 0.15) is 21.5 Å². The Hall–Kier alpha value is -3.57. The monoisotopic (exact) mass is 432 g/mol. The molecule has 6 heteroatoms. The summed E-state index contributed by atoms with van der Waals surface area (Å²) in [5, 5.41) is 1.45. The van der Waals surface area contributed by atoms with Crippen LogP contribution in [0.5, 0.6) is 5.75 Å². The molecular formula is C25H21ClN2O3. The Labute approximate surface area is 184 Å². The zero-order valence-electron chi connectivity index (χ0n) is 17.2. The fourth-order valence-electron chi connectivity index (χ4n) is 3.53. The van der Waals surface area contributed by atoms with Gasteiger partial charge >= 0.3 is 0 Å². The van der Waals surface area contributed by atoms with Crippen LogP contribution in [0.4, 0.5) is 5.69 Å². The number of ether oxygens (including phenoxy) is 1. The Morgan fingerprint density at radius 1 is 1.03 bits per heavy atom. The van der Waals surface area contributed by atoms with Gasteiger partial charge in [-0.2, -0.15) is 0 Å². The summed E-state index contributed by atoms with van der Waals surface area (Å²) in [5.74, 6) is 0.280. The van der Waals surface area contributed by atoms with Crippen molar-refractivity contribution in [3.8, 4) is 5.75 Å². The van der Waals surface area contributed by atoms with E-state index in [1.807, 2.05) is 43.3 Å². The summed E-state index contributed by atoms with van der Waals surface area (Å²) in [7, 11) is 1.55. The first-order valence-corrected chi connectivity index (χ1v) is 10.2. The predicted molar refractivity (Wildman–Crippen MR) is 124 cm³/mol. The molecule has 156 valence electrons. The van der Waals surface area contributed by atoms with Crippen LogP contribution in [0.25, 0.3) is 10.9 Å². The molecule has 4 rings (SSSR count). The molecule has 0 spiro atoms. The molecule has 0 aliphatic carbocycles. The van der Waals surface area contributed by atoms with E-state index < -0.39 is 0 Å². The number of aryl methyl sites for hydroxylation is 1. The minimum Gasteiger partial charge on any atom is -0.495 e. The summed E-state index contributed by atoms with van der Waals surface area (Å²) < 4.78 is 5.48. The normalized spacial score (nSPS) is 10.8. The summed E-state index contributed by atoms with van der Waals surface area (Å²) in [6.45, 7) is 2.08. The molecule has 0 aliphatic rings. The quantitative estimate of drug-likeness (QED) is 0.462. The lowest BCUT2D eigenvalue weighted by Crippen LogP contribution is -2.33. The van der Waals surface area contributed by atoms with E-state index in [9.17, 15) is 9.59 Å². The first-order chi connectivity index (χ1) is 15.0. The van der Waals surface area contributed by atoms with Gasteiger partial charge < -0.3 is 14.6 Å². The number of H-pyrrole nitrogens is 1. The average Bonchev–Trinajstić information content (AvgIpc) is 2.78. The summed E-state index contributed by atoms with van der Waals surface area (Å²) in [6, 6.07) is 21.6. The molecule has 0 fully saturated rings. The molecule has 0 atom stereocenters. The molecule has 4 aromatic rings. The highest BCUT2D eigenvalue weighted by molar-refractivity contribution is 6.30. The number of aromatic amines is 1. The maximum atomic E-state index is 13.5. The molecule has 1 heterocycles. The number of hydrogen-bond donors (Lipinski definition) is 1. The minimum absolute atomic E-state index is 0.0844. The number of halogens is 1. The number of carbonyl (C=O) groups is 1. The van der Waals surface area contributed by atoms with E-state index in [0.29, 0.717) is 27.6 Å². The number of amides is 1. The van der Waals surface area contributed by atoms with Crippen molar-refractivity contribution < 1.29 is 9.53 Å². The van der Waals surface area contributed by atoms with Gasteiger partial charge in [-0.3, -0.25) is 9.59 Å². The number of para-hydroxylation sites is 2. The van der Waals surface area contributed by atoms with Crippen molar-refractivity contribution in [3.63, 3.8) is 0 Å². The van der Waals surface area contributed by atoms with Gasteiger partial charge in [-0.15, -0.1) is 0 Å². The van der Waals surface area contributed by atoms with Crippen molar-refractivity contribution in [1.29, 1.82) is 0 Å². The molecule has 1 N–H and O–H groups in total. The summed E-state index contributed by atoms with van der Waals surface area (Å²) in [5.41, 5.74) is 3.13. The summed E-state index contributed by atoms with van der Waals surface area (Å²) in [6.07, 6.45) is 0. The smallest absolute Gasteiger partial charge is 0.258 e. The maximum Gasteiger partial charge on any atom is 0.258 e. The first kappa shape index (κ1) is 20.7. The second-order valence-corrected chi connectivity index (χ2v) is 7.72. The predicted octanol–water partition coefficient (Wildman–Crippen LogP) is 5.35. The number of benzene rings is 3. The lowest BCUT2D eigenvalue weighted by molar-refractivity contribution is 0.0984. The van der Waals surface area contributed by atoms with E-state index in [4.69, 9.17) is 16.3 Å². The highest BCUT2D eigenvalue weighted by Gasteiger charge is 2.22. The van der Waals surface area contributed by atoms with Gasteiger partial charge in [0.05, 0.1) is 19.3 Å². The number of aromatic nitrogens is 1. The van der Waals surface area contributed by atoms with Crippen molar-refractivity contribution in [1.82, 2.24) is 4.98 Å². The molecule has 0 saturated carbocycles. The second-order valence-electron chi connectivity index (χ2n) is 7.28. The highest BCUT2D eigenvalue weighted by Crippen LogP contribution is 2.30. The van der Waals surface area contributed by atoms with Crippen molar-refractivity contribution in [3.05, 3.63) is 105 Å². The number of fused-ring (bicyclic) bond motifs is 1. The number of nitrogens with zero attached hydrogens (tertiary/aromatic N) is 1. The Balaban J connectivity index is 1.82. The van der Waals surface area contributed by atoms with E-state index in [1.165, 1.54) is 0 Å². The fourth-order valence-corrected chi connectivity index (χ4v) is 3.65. The zero-order valence-corrected chi connectivity index (χ0v) is 17.9. The molecule has 1 aromatic heterocycles. The van der Waals surface area contributed by atoms with Gasteiger partial charge in [0, 0.05) is 21.7 Å². The van der Waals surface area contributed by atoms with Gasteiger partial charge in [-0.05, 0) is 66.9 Å². The average molecular weight is 433 g/mol. The van der Waals surface area contributed by atoms with E-state index in [1.54, 1.807) is 48.4 Å². The highest BCUT2D eigenvalue weighted by atomic mass is 35.5. The molecule has 0 radical (unpaired) electrons. The lowest BCUT2D eigenvalue weighted by Gasteiger charge is -2.25. The summed E-state index contributed by atoms with van der Waals surface area (Å²) in [4.78, 5) is 30.7. The molecule has 3 aromatic carbocycles. The van der Waals surface area contributed by atoms with Crippen molar-refractivity contribution in [2.75, 3.05) is 12.0 Å². The summed E-state index contributed by atoms with van der Waals surface area (Å²) >= 11 is 5.99. The van der Waals surface area contributed by atoms with Crippen molar-refractivity contribution in [2.45, 2.75) is 13.5 Å². The first-order valence-electron chi connectivity index (χ1n) is 9.79. The van der Waals surface area contributed by atoms with E-state index in [2.05, 4.69) is 4.98 Å². The number of rotatable bonds is 5. The third-order valence-corrected chi connectivity index (χ3v) is 5.37. The van der Waals surface area contributed by atoms with Crippen LogP contribution in [-0.2, 0) is 6.54 Å². The van der Waals surface area contributed by atoms with Gasteiger partial charge in [-0.25, -0.2) is 0 Å². The zero-order chi connectivity index (χ0) is 22.0. The SMILES string of the molecule is COc1ccccc1N(Cc1cc2cc(C)ccc2[nH]c1=O)C(=O)c1ccc(Cl)cc1. The van der Waals surface area contributed by atoms with Gasteiger partial charge in [0.1, 0.15) is 5.75 Å². The third kappa shape index (κ3) is 4.32. The molecule has 5 nitrogen and oxygen atoms in total. The number of anilines is 1. The Bertz CT molecular complexity index is 1310. The van der Waals surface area contributed by atoms with Crippen LogP contribution in [0.15, 0.2) is 77.6 Å². The van der Waals surface area contributed by atoms with Crippen LogP contribution in [-0.4, -0.2) is 18.0 Å². The van der Waals surface area contributed by atoms with Crippen LogP contribution < -0.4 is 15.2 Å². The standard InChI is InChI=1S/C25H21ClN2O3/c1-16-7-12-21-18(13-16)14-19(24(29)27-21)15-28(22-5-3-4-6-23(22)31-2)25(30)17-8-10-20(26)11-9-17/h3-14H,15H2,1-2H3,(H,27,29).